The van der Waals surface area contributed by atoms with Crippen LogP contribution >= 0.6 is 0 Å². The van der Waals surface area contributed by atoms with E-state index in [0.717, 1.165) is 11.1 Å². The number of para-hydroxylation sites is 1. The van der Waals surface area contributed by atoms with E-state index in [9.17, 15) is 9.59 Å². The van der Waals surface area contributed by atoms with Gasteiger partial charge in [-0.3, -0.25) is 20.4 Å². The van der Waals surface area contributed by atoms with E-state index in [4.69, 9.17) is 13.9 Å². The van der Waals surface area contributed by atoms with Crippen LogP contribution in [0, 0.1) is 6.92 Å². The topological polar surface area (TPSA) is 89.8 Å². The Hall–Kier alpha value is -3.48. The van der Waals surface area contributed by atoms with E-state index >= 15 is 0 Å². The van der Waals surface area contributed by atoms with Crippen molar-refractivity contribution >= 4 is 22.8 Å². The van der Waals surface area contributed by atoms with Crippen molar-refractivity contribution in [3.8, 4) is 11.5 Å². The average Bonchev–Trinajstić information content (AvgIpc) is 3.03. The van der Waals surface area contributed by atoms with Crippen molar-refractivity contribution in [2.24, 2.45) is 0 Å². The second-order valence-corrected chi connectivity index (χ2v) is 5.75. The molecule has 0 aliphatic carbocycles. The number of fused-ring (bicyclic) bond motifs is 1. The number of hydrazine groups is 1. The van der Waals surface area contributed by atoms with Crippen LogP contribution in [-0.4, -0.2) is 25.0 Å². The molecule has 1 heterocycles. The van der Waals surface area contributed by atoms with Gasteiger partial charge in [0, 0.05) is 10.9 Å². The minimum absolute atomic E-state index is 0.156. The average molecular weight is 368 g/mol. The minimum Gasteiger partial charge on any atom is -0.494 e. The lowest BCUT2D eigenvalue weighted by atomic mass is 10.1. The fraction of sp³-hybridized carbons (Fsp3) is 0.200. The Balaban J connectivity index is 1.51. The van der Waals surface area contributed by atoms with Crippen molar-refractivity contribution in [2.45, 2.75) is 13.8 Å². The highest BCUT2D eigenvalue weighted by molar-refractivity contribution is 5.99. The summed E-state index contributed by atoms with van der Waals surface area (Å²) in [5.74, 6) is 0.379. The zero-order valence-electron chi connectivity index (χ0n) is 15.1. The molecule has 0 saturated heterocycles. The third-order valence-electron chi connectivity index (χ3n) is 3.87. The van der Waals surface area contributed by atoms with Crippen LogP contribution in [0.5, 0.6) is 11.5 Å². The van der Waals surface area contributed by atoms with Gasteiger partial charge in [0.1, 0.15) is 17.1 Å². The summed E-state index contributed by atoms with van der Waals surface area (Å²) in [6.45, 7) is 4.02. The molecule has 0 aliphatic heterocycles. The summed E-state index contributed by atoms with van der Waals surface area (Å²) in [5.41, 5.74) is 5.96. The first-order valence-electron chi connectivity index (χ1n) is 8.51. The molecular formula is C20H20N2O5. The molecule has 1 aromatic heterocycles. The third kappa shape index (κ3) is 4.38. The van der Waals surface area contributed by atoms with E-state index in [1.54, 1.807) is 37.3 Å². The zero-order valence-corrected chi connectivity index (χ0v) is 15.1. The molecule has 140 valence electrons. The lowest BCUT2D eigenvalue weighted by Gasteiger charge is -2.09. The van der Waals surface area contributed by atoms with Crippen LogP contribution in [0.1, 0.15) is 23.0 Å². The lowest BCUT2D eigenvalue weighted by molar-refractivity contribution is -0.123. The first-order valence-corrected chi connectivity index (χ1v) is 8.51. The van der Waals surface area contributed by atoms with Crippen LogP contribution in [0.25, 0.3) is 11.0 Å². The molecule has 0 radical (unpaired) electrons. The second-order valence-electron chi connectivity index (χ2n) is 5.75. The second kappa shape index (κ2) is 8.27. The van der Waals surface area contributed by atoms with Crippen molar-refractivity contribution < 1.29 is 23.5 Å². The smallest absolute Gasteiger partial charge is 0.305 e. The van der Waals surface area contributed by atoms with E-state index in [1.165, 1.54) is 0 Å². The quantitative estimate of drug-likeness (QED) is 0.653. The van der Waals surface area contributed by atoms with Gasteiger partial charge in [-0.15, -0.1) is 0 Å². The Bertz CT molecular complexity index is 947. The zero-order chi connectivity index (χ0) is 19.2. The van der Waals surface area contributed by atoms with Crippen LogP contribution in [0.15, 0.2) is 52.9 Å². The lowest BCUT2D eigenvalue weighted by Crippen LogP contribution is -2.43. The molecule has 7 nitrogen and oxygen atoms in total. The molecule has 27 heavy (non-hydrogen) atoms. The molecule has 3 rings (SSSR count). The van der Waals surface area contributed by atoms with E-state index in [-0.39, 0.29) is 12.4 Å². The Morgan fingerprint density at radius 1 is 0.963 bits per heavy atom. The first-order chi connectivity index (χ1) is 13.1. The van der Waals surface area contributed by atoms with Gasteiger partial charge in [0.2, 0.25) is 0 Å². The Morgan fingerprint density at radius 3 is 2.30 bits per heavy atom. The fourth-order valence-corrected chi connectivity index (χ4v) is 2.56. The summed E-state index contributed by atoms with van der Waals surface area (Å²) in [7, 11) is 0. The largest absolute Gasteiger partial charge is 0.494 e. The number of carbonyl (C=O) groups excluding carboxylic acids is 2. The van der Waals surface area contributed by atoms with Crippen LogP contribution in [0.4, 0.5) is 0 Å². The Labute approximate surface area is 156 Å². The van der Waals surface area contributed by atoms with Crippen molar-refractivity contribution in [3.05, 3.63) is 59.9 Å². The number of hydrogen-bond acceptors (Lipinski definition) is 5. The summed E-state index contributed by atoms with van der Waals surface area (Å²) in [6.07, 6.45) is 0. The highest BCUT2D eigenvalue weighted by Gasteiger charge is 2.17. The van der Waals surface area contributed by atoms with Crippen molar-refractivity contribution in [2.75, 3.05) is 13.2 Å². The summed E-state index contributed by atoms with van der Waals surface area (Å²) in [4.78, 5) is 24.1. The third-order valence-corrected chi connectivity index (χ3v) is 3.87. The Morgan fingerprint density at radius 2 is 1.63 bits per heavy atom. The van der Waals surface area contributed by atoms with Gasteiger partial charge in [-0.05, 0) is 44.2 Å². The molecule has 2 N–H and O–H groups in total. The number of aryl methyl sites for hydroxylation is 1. The van der Waals surface area contributed by atoms with Gasteiger partial charge in [0.05, 0.1) is 6.61 Å². The van der Waals surface area contributed by atoms with Crippen molar-refractivity contribution in [3.63, 3.8) is 0 Å². The molecule has 0 atom stereocenters. The van der Waals surface area contributed by atoms with E-state index in [1.807, 2.05) is 25.1 Å². The number of amides is 2. The standard InChI is InChI=1S/C20H20N2O5/c1-3-25-14-8-10-15(11-9-14)26-12-18(23)21-22-20(24)19-13(2)16-6-4-5-7-17(16)27-19/h4-11H,3,12H2,1-2H3,(H,21,23)(H,22,24). The highest BCUT2D eigenvalue weighted by atomic mass is 16.5. The first kappa shape index (κ1) is 18.3. The van der Waals surface area contributed by atoms with E-state index in [0.29, 0.717) is 23.5 Å². The molecule has 0 saturated carbocycles. The fourth-order valence-electron chi connectivity index (χ4n) is 2.56. The predicted octanol–water partition coefficient (Wildman–Crippen LogP) is 2.98. The monoisotopic (exact) mass is 368 g/mol. The van der Waals surface area contributed by atoms with E-state index < -0.39 is 11.8 Å². The van der Waals surface area contributed by atoms with Gasteiger partial charge in [-0.1, -0.05) is 18.2 Å². The van der Waals surface area contributed by atoms with Crippen LogP contribution in [0.3, 0.4) is 0 Å². The van der Waals surface area contributed by atoms with Crippen molar-refractivity contribution in [1.29, 1.82) is 0 Å². The maximum atomic E-state index is 12.2. The molecular weight excluding hydrogens is 348 g/mol. The molecule has 0 unspecified atom stereocenters. The summed E-state index contributed by atoms with van der Waals surface area (Å²) < 4.78 is 16.2. The van der Waals surface area contributed by atoms with Crippen molar-refractivity contribution in [1.82, 2.24) is 10.9 Å². The van der Waals surface area contributed by atoms with Crippen LogP contribution in [0.2, 0.25) is 0 Å². The number of hydrogen-bond donors (Lipinski definition) is 2. The molecule has 2 amide bonds. The van der Waals surface area contributed by atoms with Gasteiger partial charge in [-0.25, -0.2) is 0 Å². The molecule has 2 aromatic carbocycles. The maximum absolute atomic E-state index is 12.2. The Kier molecular flexibility index (Phi) is 5.61. The van der Waals surface area contributed by atoms with Gasteiger partial charge >= 0.3 is 5.91 Å². The number of rotatable bonds is 6. The SMILES string of the molecule is CCOc1ccc(OCC(=O)NNC(=O)c2oc3ccccc3c2C)cc1. The number of benzene rings is 2. The van der Waals surface area contributed by atoms with Gasteiger partial charge in [0.15, 0.2) is 12.4 Å². The highest BCUT2D eigenvalue weighted by Crippen LogP contribution is 2.24. The minimum atomic E-state index is -0.530. The van der Waals surface area contributed by atoms with Gasteiger partial charge < -0.3 is 13.9 Å². The summed E-state index contributed by atoms with van der Waals surface area (Å²) in [6, 6.07) is 14.3. The summed E-state index contributed by atoms with van der Waals surface area (Å²) in [5, 5.41) is 0.854. The molecule has 7 heteroatoms. The van der Waals surface area contributed by atoms with Crippen LogP contribution in [-0.2, 0) is 4.79 Å². The molecule has 3 aromatic rings. The van der Waals surface area contributed by atoms with Gasteiger partial charge in [-0.2, -0.15) is 0 Å². The molecule has 0 aliphatic rings. The number of furan rings is 1. The molecule has 0 fully saturated rings. The van der Waals surface area contributed by atoms with Gasteiger partial charge in [0.25, 0.3) is 5.91 Å². The van der Waals surface area contributed by atoms with Crippen LogP contribution < -0.4 is 20.3 Å². The maximum Gasteiger partial charge on any atom is 0.305 e. The normalized spacial score (nSPS) is 10.4. The molecule has 0 bridgehead atoms. The summed E-state index contributed by atoms with van der Waals surface area (Å²) >= 11 is 0. The number of carbonyl (C=O) groups is 2. The number of nitrogens with one attached hydrogen (secondary N) is 2. The number of ether oxygens (including phenoxy) is 2. The molecule has 0 spiro atoms. The predicted molar refractivity (Wildman–Crippen MR) is 99.7 cm³/mol. The van der Waals surface area contributed by atoms with E-state index in [2.05, 4.69) is 10.9 Å².